The highest BCUT2D eigenvalue weighted by Crippen LogP contribution is 2.23. The highest BCUT2D eigenvalue weighted by molar-refractivity contribution is 7.99. The van der Waals surface area contributed by atoms with Crippen molar-refractivity contribution in [2.45, 2.75) is 26.3 Å². The van der Waals surface area contributed by atoms with Gasteiger partial charge in [0.1, 0.15) is 11.7 Å². The minimum atomic E-state index is -1.19. The van der Waals surface area contributed by atoms with E-state index in [0.29, 0.717) is 24.1 Å². The topological polar surface area (TPSA) is 99.6 Å². The van der Waals surface area contributed by atoms with Gasteiger partial charge < -0.3 is 15.3 Å². The van der Waals surface area contributed by atoms with Gasteiger partial charge in [0.25, 0.3) is 5.91 Å². The van der Waals surface area contributed by atoms with Crippen LogP contribution >= 0.6 is 11.8 Å². The molecule has 1 aromatic rings. The Morgan fingerprint density at radius 3 is 2.88 bits per heavy atom. The van der Waals surface area contributed by atoms with Crippen LogP contribution in [0.2, 0.25) is 0 Å². The fourth-order valence-corrected chi connectivity index (χ4v) is 3.46. The number of aromatic nitrogens is 1. The van der Waals surface area contributed by atoms with Crippen molar-refractivity contribution in [2.75, 3.05) is 18.2 Å². The van der Waals surface area contributed by atoms with Crippen LogP contribution in [0.15, 0.2) is 18.3 Å². The number of rotatable bonds is 6. The Kier molecular flexibility index (Phi) is 6.19. The predicted octanol–water partition coefficient (Wildman–Crippen LogP) is 1.46. The molecule has 1 aliphatic heterocycles. The fraction of sp³-hybridized carbons (Fsp3) is 0.500. The van der Waals surface area contributed by atoms with E-state index in [1.807, 2.05) is 0 Å². The molecule has 2 heterocycles. The molecule has 1 saturated heterocycles. The van der Waals surface area contributed by atoms with Gasteiger partial charge in [-0.15, -0.1) is 11.8 Å². The zero-order chi connectivity index (χ0) is 17.7. The van der Waals surface area contributed by atoms with E-state index in [0.717, 1.165) is 6.42 Å². The Morgan fingerprint density at radius 2 is 2.21 bits per heavy atom. The molecule has 0 radical (unpaired) electrons. The van der Waals surface area contributed by atoms with Crippen molar-refractivity contribution in [3.8, 4) is 0 Å². The highest BCUT2D eigenvalue weighted by atomic mass is 32.2. The molecule has 0 bridgehead atoms. The van der Waals surface area contributed by atoms with Crippen molar-refractivity contribution in [1.29, 1.82) is 0 Å². The van der Waals surface area contributed by atoms with Gasteiger partial charge in [0.15, 0.2) is 0 Å². The van der Waals surface area contributed by atoms with E-state index in [1.54, 1.807) is 0 Å². The molecule has 2 rings (SSSR count). The van der Waals surface area contributed by atoms with E-state index in [2.05, 4.69) is 24.1 Å². The summed E-state index contributed by atoms with van der Waals surface area (Å²) in [4.78, 5) is 41.1. The number of thioether (sulfide) groups is 1. The number of carboxylic acid groups (broad SMARTS) is 1. The van der Waals surface area contributed by atoms with E-state index < -0.39 is 12.0 Å². The van der Waals surface area contributed by atoms with E-state index in [9.17, 15) is 14.4 Å². The van der Waals surface area contributed by atoms with Crippen LogP contribution < -0.4 is 5.32 Å². The van der Waals surface area contributed by atoms with Crippen molar-refractivity contribution >= 4 is 29.5 Å². The molecule has 0 saturated carbocycles. The summed E-state index contributed by atoms with van der Waals surface area (Å²) >= 11 is 1.50. The Labute approximate surface area is 144 Å². The lowest BCUT2D eigenvalue weighted by atomic mass is 10.1. The van der Waals surface area contributed by atoms with E-state index >= 15 is 0 Å². The maximum Gasteiger partial charge on any atom is 0.354 e. The Bertz CT molecular complexity index is 636. The number of carbonyl (C=O) groups is 3. The molecule has 1 atom stereocenters. The van der Waals surface area contributed by atoms with Gasteiger partial charge in [-0.3, -0.25) is 9.59 Å². The van der Waals surface area contributed by atoms with Crippen LogP contribution in [0.5, 0.6) is 0 Å². The molecule has 8 heteroatoms. The van der Waals surface area contributed by atoms with Crippen LogP contribution in [-0.2, 0) is 4.79 Å². The minimum absolute atomic E-state index is 0.165. The lowest BCUT2D eigenvalue weighted by Gasteiger charge is -2.23. The standard InChI is InChI=1S/C16H21N3O4S/c1-10(2)3-5-18-14(20)13-8-24-9-19(13)15(21)11-4-6-17-12(7-11)16(22)23/h4,6-7,10,13H,3,5,8-9H2,1-2H3,(H,18,20)(H,22,23). The molecule has 1 aliphatic rings. The average Bonchev–Trinajstić information content (AvgIpc) is 3.03. The third-order valence-corrected chi connectivity index (χ3v) is 4.70. The second kappa shape index (κ2) is 8.14. The summed E-state index contributed by atoms with van der Waals surface area (Å²) < 4.78 is 0. The molecule has 1 fully saturated rings. The third-order valence-electron chi connectivity index (χ3n) is 3.69. The first-order valence-electron chi connectivity index (χ1n) is 7.76. The highest BCUT2D eigenvalue weighted by Gasteiger charge is 2.35. The number of aromatic carboxylic acids is 1. The first-order valence-corrected chi connectivity index (χ1v) is 8.91. The number of amides is 2. The van der Waals surface area contributed by atoms with Crippen LogP contribution in [0, 0.1) is 5.92 Å². The predicted molar refractivity (Wildman–Crippen MR) is 90.9 cm³/mol. The van der Waals surface area contributed by atoms with Crippen LogP contribution in [0.4, 0.5) is 0 Å². The number of nitrogens with one attached hydrogen (secondary N) is 1. The molecule has 0 aromatic carbocycles. The summed E-state index contributed by atoms with van der Waals surface area (Å²) in [6.45, 7) is 4.74. The van der Waals surface area contributed by atoms with Gasteiger partial charge in [-0.05, 0) is 24.5 Å². The van der Waals surface area contributed by atoms with Gasteiger partial charge in [-0.2, -0.15) is 0 Å². The van der Waals surface area contributed by atoms with E-state index in [1.165, 1.54) is 35.0 Å². The summed E-state index contributed by atoms with van der Waals surface area (Å²) in [7, 11) is 0. The summed E-state index contributed by atoms with van der Waals surface area (Å²) in [5.74, 6) is -0.270. The largest absolute Gasteiger partial charge is 0.477 e. The maximum absolute atomic E-state index is 12.6. The molecule has 2 amide bonds. The van der Waals surface area contributed by atoms with E-state index in [-0.39, 0.29) is 23.1 Å². The van der Waals surface area contributed by atoms with E-state index in [4.69, 9.17) is 5.11 Å². The second-order valence-corrected chi connectivity index (χ2v) is 7.00. The first kappa shape index (κ1) is 18.3. The average molecular weight is 351 g/mol. The Hall–Kier alpha value is -2.09. The first-order chi connectivity index (χ1) is 11.4. The maximum atomic E-state index is 12.6. The number of hydrogen-bond donors (Lipinski definition) is 2. The molecular weight excluding hydrogens is 330 g/mol. The van der Waals surface area contributed by atoms with Gasteiger partial charge in [0.2, 0.25) is 5.91 Å². The van der Waals surface area contributed by atoms with Crippen LogP contribution in [0.25, 0.3) is 0 Å². The van der Waals surface area contributed by atoms with Gasteiger partial charge in [-0.25, -0.2) is 9.78 Å². The monoisotopic (exact) mass is 351 g/mol. The van der Waals surface area contributed by atoms with Crippen molar-refractivity contribution in [3.05, 3.63) is 29.6 Å². The smallest absolute Gasteiger partial charge is 0.354 e. The molecule has 0 aliphatic carbocycles. The Morgan fingerprint density at radius 1 is 1.46 bits per heavy atom. The molecule has 0 spiro atoms. The molecule has 130 valence electrons. The number of carboxylic acids is 1. The fourth-order valence-electron chi connectivity index (χ4n) is 2.31. The summed E-state index contributed by atoms with van der Waals surface area (Å²) in [5.41, 5.74) is 0.0375. The molecule has 1 aromatic heterocycles. The zero-order valence-electron chi connectivity index (χ0n) is 13.7. The van der Waals surface area contributed by atoms with Gasteiger partial charge >= 0.3 is 5.97 Å². The normalized spacial score (nSPS) is 17.1. The van der Waals surface area contributed by atoms with Crippen molar-refractivity contribution in [2.24, 2.45) is 5.92 Å². The van der Waals surface area contributed by atoms with Crippen molar-refractivity contribution < 1.29 is 19.5 Å². The number of carbonyl (C=O) groups excluding carboxylic acids is 2. The van der Waals surface area contributed by atoms with Crippen molar-refractivity contribution in [3.63, 3.8) is 0 Å². The molecule has 1 unspecified atom stereocenters. The summed E-state index contributed by atoms with van der Waals surface area (Å²) in [6.07, 6.45) is 2.17. The second-order valence-electron chi connectivity index (χ2n) is 6.00. The lowest BCUT2D eigenvalue weighted by Crippen LogP contribution is -2.47. The number of pyridine rings is 1. The lowest BCUT2D eigenvalue weighted by molar-refractivity contribution is -0.124. The van der Waals surface area contributed by atoms with Gasteiger partial charge in [0, 0.05) is 24.1 Å². The molecule has 24 heavy (non-hydrogen) atoms. The van der Waals surface area contributed by atoms with Crippen molar-refractivity contribution in [1.82, 2.24) is 15.2 Å². The Balaban J connectivity index is 2.06. The van der Waals surface area contributed by atoms with Crippen LogP contribution in [0.3, 0.4) is 0 Å². The SMILES string of the molecule is CC(C)CCNC(=O)C1CSCN1C(=O)c1ccnc(C(=O)O)c1. The zero-order valence-corrected chi connectivity index (χ0v) is 14.5. The van der Waals surface area contributed by atoms with Crippen LogP contribution in [-0.4, -0.2) is 57.0 Å². The third kappa shape index (κ3) is 4.47. The summed E-state index contributed by atoms with van der Waals surface area (Å²) in [5, 5.41) is 11.9. The quantitative estimate of drug-likeness (QED) is 0.805. The molecule has 2 N–H and O–H groups in total. The minimum Gasteiger partial charge on any atom is -0.477 e. The summed E-state index contributed by atoms with van der Waals surface area (Å²) in [6, 6.07) is 2.17. The molecular formula is C16H21N3O4S. The van der Waals surface area contributed by atoms with Crippen LogP contribution in [0.1, 0.15) is 41.1 Å². The molecule has 7 nitrogen and oxygen atoms in total. The van der Waals surface area contributed by atoms with Gasteiger partial charge in [0.05, 0.1) is 5.88 Å². The van der Waals surface area contributed by atoms with Gasteiger partial charge in [-0.1, -0.05) is 13.8 Å². The number of nitrogens with zero attached hydrogens (tertiary/aromatic N) is 2. The number of hydrogen-bond acceptors (Lipinski definition) is 5.